The van der Waals surface area contributed by atoms with Crippen LogP contribution in [0.5, 0.6) is 6.01 Å². The van der Waals surface area contributed by atoms with Crippen molar-refractivity contribution in [3.8, 4) is 28.4 Å². The Bertz CT molecular complexity index is 1470. The minimum Gasteiger partial charge on any atom is -0.456 e. The van der Waals surface area contributed by atoms with E-state index >= 15 is 0 Å². The Balaban J connectivity index is 1.32. The first-order valence-corrected chi connectivity index (χ1v) is 17.7. The molecule has 4 atom stereocenters. The van der Waals surface area contributed by atoms with E-state index in [2.05, 4.69) is 53.9 Å². The van der Waals surface area contributed by atoms with Crippen molar-refractivity contribution in [2.24, 2.45) is 0 Å². The Labute approximate surface area is 239 Å². The second kappa shape index (κ2) is 11.2. The second-order valence-corrected chi connectivity index (χ2v) is 17.6. The molecule has 10 heteroatoms. The van der Waals surface area contributed by atoms with Gasteiger partial charge in [0.1, 0.15) is 18.3 Å². The third kappa shape index (κ3) is 5.67. The van der Waals surface area contributed by atoms with Crippen molar-refractivity contribution in [2.45, 2.75) is 56.7 Å². The van der Waals surface area contributed by atoms with Gasteiger partial charge < -0.3 is 29.0 Å². The fourth-order valence-corrected chi connectivity index (χ4v) is 6.17. The molecule has 2 aromatic carbocycles. The number of benzene rings is 2. The summed E-state index contributed by atoms with van der Waals surface area (Å²) in [6, 6.07) is 19.8. The third-order valence-corrected chi connectivity index (χ3v) is 9.52. The van der Waals surface area contributed by atoms with Gasteiger partial charge in [-0.25, -0.2) is 4.98 Å². The van der Waals surface area contributed by atoms with Gasteiger partial charge in [0.2, 0.25) is 0 Å². The molecule has 2 aromatic heterocycles. The monoisotopic (exact) mass is 579 g/mol. The molecular formula is C30H34ClN3O5Si. The molecule has 4 heterocycles. The topological polar surface area (TPSA) is 98.7 Å². The SMILES string of the molecule is C[Si](C)(C)CCOCc1c(Cl)c(-c2ccc(-c3ccccc3)cc2)nc2nc(O[C@@H]3CO[C@H]4[C@@H]3OC[C@H]4O)[nH]c12. The van der Waals surface area contributed by atoms with E-state index in [0.29, 0.717) is 47.7 Å². The molecule has 0 aliphatic carbocycles. The summed E-state index contributed by atoms with van der Waals surface area (Å²) in [5.41, 5.74) is 5.76. The van der Waals surface area contributed by atoms with Crippen LogP contribution in [0.2, 0.25) is 30.7 Å². The number of aromatic nitrogens is 3. The highest BCUT2D eigenvalue weighted by Gasteiger charge is 2.48. The maximum atomic E-state index is 10.1. The molecule has 0 saturated carbocycles. The average molecular weight is 580 g/mol. The van der Waals surface area contributed by atoms with Crippen LogP contribution in [0.4, 0.5) is 0 Å². The summed E-state index contributed by atoms with van der Waals surface area (Å²) in [6.07, 6.45) is -1.77. The molecule has 2 N–H and O–H groups in total. The number of ether oxygens (including phenoxy) is 4. The lowest BCUT2D eigenvalue weighted by molar-refractivity contribution is 0.00705. The Kier molecular flexibility index (Phi) is 7.69. The van der Waals surface area contributed by atoms with E-state index in [9.17, 15) is 5.11 Å². The summed E-state index contributed by atoms with van der Waals surface area (Å²) in [4.78, 5) is 12.8. The van der Waals surface area contributed by atoms with Gasteiger partial charge in [-0.15, -0.1) is 0 Å². The van der Waals surface area contributed by atoms with Gasteiger partial charge in [-0.1, -0.05) is 85.8 Å². The molecule has 2 fully saturated rings. The third-order valence-electron chi connectivity index (χ3n) is 7.41. The number of aliphatic hydroxyl groups is 1. The number of halogens is 1. The summed E-state index contributed by atoms with van der Waals surface area (Å²) < 4.78 is 23.7. The highest BCUT2D eigenvalue weighted by molar-refractivity contribution is 6.76. The fraction of sp³-hybridized carbons (Fsp3) is 0.400. The Hall–Kier alpha value is -2.79. The van der Waals surface area contributed by atoms with Crippen LogP contribution in [0.1, 0.15) is 5.56 Å². The second-order valence-electron chi connectivity index (χ2n) is 11.6. The zero-order valence-electron chi connectivity index (χ0n) is 22.9. The summed E-state index contributed by atoms with van der Waals surface area (Å²) >= 11 is 7.03. The first kappa shape index (κ1) is 27.4. The molecule has 40 heavy (non-hydrogen) atoms. The van der Waals surface area contributed by atoms with Crippen molar-refractivity contribution in [3.63, 3.8) is 0 Å². The van der Waals surface area contributed by atoms with Crippen LogP contribution in [-0.2, 0) is 20.8 Å². The highest BCUT2D eigenvalue weighted by Crippen LogP contribution is 2.36. The number of nitrogens with one attached hydrogen (secondary N) is 1. The van der Waals surface area contributed by atoms with Crippen LogP contribution < -0.4 is 4.74 Å². The number of rotatable bonds is 9. The molecule has 6 rings (SSSR count). The number of aromatic amines is 1. The van der Waals surface area contributed by atoms with Gasteiger partial charge in [0, 0.05) is 25.8 Å². The number of H-pyrrole nitrogens is 1. The summed E-state index contributed by atoms with van der Waals surface area (Å²) in [7, 11) is -1.24. The number of hydrogen-bond donors (Lipinski definition) is 2. The smallest absolute Gasteiger partial charge is 0.296 e. The lowest BCUT2D eigenvalue weighted by Crippen LogP contribution is -2.34. The van der Waals surface area contributed by atoms with Crippen LogP contribution >= 0.6 is 11.6 Å². The van der Waals surface area contributed by atoms with Crippen molar-refractivity contribution in [3.05, 3.63) is 65.2 Å². The van der Waals surface area contributed by atoms with Gasteiger partial charge in [-0.2, -0.15) is 4.98 Å². The highest BCUT2D eigenvalue weighted by atomic mass is 35.5. The fourth-order valence-electron chi connectivity index (χ4n) is 5.12. The molecule has 0 radical (unpaired) electrons. The number of fused-ring (bicyclic) bond motifs is 2. The van der Waals surface area contributed by atoms with Crippen molar-refractivity contribution >= 4 is 30.8 Å². The molecule has 8 nitrogen and oxygen atoms in total. The molecule has 2 saturated heterocycles. The summed E-state index contributed by atoms with van der Waals surface area (Å²) in [5.74, 6) is 0. The molecule has 2 aliphatic heterocycles. The van der Waals surface area contributed by atoms with Gasteiger partial charge >= 0.3 is 0 Å². The summed E-state index contributed by atoms with van der Waals surface area (Å²) in [5, 5.41) is 10.6. The zero-order valence-corrected chi connectivity index (χ0v) is 24.6. The Morgan fingerprint density at radius 3 is 2.40 bits per heavy atom. The average Bonchev–Trinajstić information content (AvgIpc) is 3.64. The normalized spacial score (nSPS) is 22.6. The first-order valence-electron chi connectivity index (χ1n) is 13.7. The number of pyridine rings is 1. The molecule has 210 valence electrons. The maximum Gasteiger partial charge on any atom is 0.296 e. The van der Waals surface area contributed by atoms with Crippen molar-refractivity contribution in [2.75, 3.05) is 19.8 Å². The molecule has 2 aliphatic rings. The van der Waals surface area contributed by atoms with E-state index in [4.69, 9.17) is 35.5 Å². The number of hydrogen-bond acceptors (Lipinski definition) is 7. The standard InChI is InChI=1S/C30H34ClN3O5Si/c1-40(2,3)14-13-36-15-21-24(31)25(20-11-9-19(10-12-20)18-7-5-4-6-8-18)32-29-26(21)33-30(34-29)39-23-17-38-27-22(35)16-37-28(23)27/h4-12,22-23,27-28,35H,13-17H2,1-3H3,(H,32,33,34)/t22-,23-,27-,28-/m1/s1. The van der Waals surface area contributed by atoms with Crippen LogP contribution in [0.3, 0.4) is 0 Å². The lowest BCUT2D eigenvalue weighted by Gasteiger charge is -2.16. The van der Waals surface area contributed by atoms with Crippen molar-refractivity contribution < 1.29 is 24.1 Å². The van der Waals surface area contributed by atoms with E-state index in [1.165, 1.54) is 0 Å². The van der Waals surface area contributed by atoms with Gasteiger partial charge in [-0.05, 0) is 17.2 Å². The quantitative estimate of drug-likeness (QED) is 0.194. The van der Waals surface area contributed by atoms with E-state index in [1.807, 2.05) is 30.3 Å². The van der Waals surface area contributed by atoms with Crippen LogP contribution in [0.15, 0.2) is 54.6 Å². The van der Waals surface area contributed by atoms with Crippen molar-refractivity contribution in [1.82, 2.24) is 15.0 Å². The predicted octanol–water partition coefficient (Wildman–Crippen LogP) is 5.71. The van der Waals surface area contributed by atoms with E-state index in [0.717, 1.165) is 28.3 Å². The number of imidazole rings is 1. The van der Waals surface area contributed by atoms with E-state index < -0.39 is 14.2 Å². The van der Waals surface area contributed by atoms with Gasteiger partial charge in [0.15, 0.2) is 11.8 Å². The van der Waals surface area contributed by atoms with E-state index in [1.54, 1.807) is 0 Å². The zero-order chi connectivity index (χ0) is 27.9. The van der Waals surface area contributed by atoms with Gasteiger partial charge in [-0.3, -0.25) is 0 Å². The van der Waals surface area contributed by atoms with E-state index in [-0.39, 0.29) is 24.9 Å². The minimum absolute atomic E-state index is 0.234. The molecule has 0 amide bonds. The molecule has 0 bridgehead atoms. The minimum atomic E-state index is -1.24. The first-order chi connectivity index (χ1) is 19.3. The van der Waals surface area contributed by atoms with Crippen LogP contribution in [-0.4, -0.2) is 72.4 Å². The lowest BCUT2D eigenvalue weighted by atomic mass is 10.0. The molecule has 4 aromatic rings. The Morgan fingerprint density at radius 1 is 0.950 bits per heavy atom. The van der Waals surface area contributed by atoms with Crippen LogP contribution in [0, 0.1) is 0 Å². The molecule has 0 unspecified atom stereocenters. The van der Waals surface area contributed by atoms with Gasteiger partial charge in [0.05, 0.1) is 36.1 Å². The summed E-state index contributed by atoms with van der Waals surface area (Å²) in [6.45, 7) is 8.51. The Morgan fingerprint density at radius 2 is 1.65 bits per heavy atom. The molecule has 0 spiro atoms. The largest absolute Gasteiger partial charge is 0.456 e. The number of nitrogens with zero attached hydrogens (tertiary/aromatic N) is 2. The van der Waals surface area contributed by atoms with Gasteiger partial charge in [0.25, 0.3) is 6.01 Å². The predicted molar refractivity (Wildman–Crippen MR) is 157 cm³/mol. The van der Waals surface area contributed by atoms with Crippen molar-refractivity contribution in [1.29, 1.82) is 0 Å². The molecular weight excluding hydrogens is 546 g/mol. The number of aliphatic hydroxyl groups excluding tert-OH is 1. The maximum absolute atomic E-state index is 10.1. The van der Waals surface area contributed by atoms with Crippen LogP contribution in [0.25, 0.3) is 33.5 Å².